The lowest BCUT2D eigenvalue weighted by Crippen LogP contribution is -2.46. The van der Waals surface area contributed by atoms with E-state index in [2.05, 4.69) is 22.5 Å². The number of ether oxygens (including phenoxy) is 3. The minimum atomic E-state index is -0.879. The van der Waals surface area contributed by atoms with Crippen molar-refractivity contribution in [2.24, 2.45) is 5.92 Å². The molecule has 1 aliphatic rings. The fourth-order valence-corrected chi connectivity index (χ4v) is 6.22. The van der Waals surface area contributed by atoms with Crippen molar-refractivity contribution in [1.82, 2.24) is 10.2 Å². The topological polar surface area (TPSA) is 130 Å². The summed E-state index contributed by atoms with van der Waals surface area (Å²) in [6.07, 6.45) is -1.81. The van der Waals surface area contributed by atoms with Gasteiger partial charge in [0.25, 0.3) is 0 Å². The number of carbonyl (C=O) groups excluding carboxylic acids is 2. The molecule has 2 amide bonds. The summed E-state index contributed by atoms with van der Waals surface area (Å²) in [7, 11) is 3.27. The van der Waals surface area contributed by atoms with Crippen LogP contribution < -0.4 is 10.6 Å². The van der Waals surface area contributed by atoms with Gasteiger partial charge in [0.15, 0.2) is 6.29 Å². The number of aliphatic hydroxyl groups excluding tert-OH is 2. The van der Waals surface area contributed by atoms with E-state index in [1.54, 1.807) is 12.1 Å². The average molecular weight is 682 g/mol. The molecular weight excluding hydrogens is 634 g/mol. The molecule has 0 spiro atoms. The molecule has 1 aliphatic heterocycles. The maximum absolute atomic E-state index is 13.1. The van der Waals surface area contributed by atoms with Crippen LogP contribution >= 0.6 is 0 Å². The number of hydrogen-bond donors (Lipinski definition) is 4. The standard InChI is InChI=1S/C40H47N3O7/c1-26-35(24-43(3)27(2)36(45)30-14-9-6-10-15-30)49-39(50-37(26)31-20-18-29(25-44)19-21-31)32-16-11-17-33(23-32)41-40(47)42-34(38(46)48-4)22-28-12-7-5-8-13-28/h5-21,23,26-27,34-37,39,44-45H,22,24-25H2,1-4H3,(H2,41,42,47). The number of anilines is 1. The highest BCUT2D eigenvalue weighted by atomic mass is 16.7. The van der Waals surface area contributed by atoms with Crippen LogP contribution in [0, 0.1) is 5.92 Å². The van der Waals surface area contributed by atoms with Gasteiger partial charge in [0, 0.05) is 36.2 Å². The Kier molecular flexibility index (Phi) is 12.8. The molecule has 264 valence electrons. The largest absolute Gasteiger partial charge is 0.467 e. The van der Waals surface area contributed by atoms with Crippen molar-refractivity contribution >= 4 is 17.7 Å². The minimum absolute atomic E-state index is 0.0534. The van der Waals surface area contributed by atoms with E-state index in [0.717, 1.165) is 22.3 Å². The molecule has 0 radical (unpaired) electrons. The number of methoxy groups -OCH3 is 1. The third-order valence-corrected chi connectivity index (χ3v) is 9.37. The minimum Gasteiger partial charge on any atom is -0.467 e. The number of hydrogen-bond acceptors (Lipinski definition) is 8. The molecule has 0 aromatic heterocycles. The Morgan fingerprint density at radius 1 is 0.880 bits per heavy atom. The summed E-state index contributed by atoms with van der Waals surface area (Å²) >= 11 is 0. The van der Waals surface area contributed by atoms with E-state index < -0.39 is 30.4 Å². The zero-order chi connectivity index (χ0) is 35.6. The first kappa shape index (κ1) is 36.7. The number of likely N-dealkylation sites (N-methyl/N-ethyl adjacent to an activating group) is 1. The Hall–Kier alpha value is -4.58. The molecule has 0 bridgehead atoms. The van der Waals surface area contributed by atoms with Crippen LogP contribution in [0.25, 0.3) is 0 Å². The molecule has 50 heavy (non-hydrogen) atoms. The van der Waals surface area contributed by atoms with Gasteiger partial charge < -0.3 is 35.1 Å². The van der Waals surface area contributed by atoms with Gasteiger partial charge in [-0.05, 0) is 48.4 Å². The van der Waals surface area contributed by atoms with Gasteiger partial charge in [-0.25, -0.2) is 9.59 Å². The second kappa shape index (κ2) is 17.4. The van der Waals surface area contributed by atoms with Gasteiger partial charge >= 0.3 is 12.0 Å². The smallest absolute Gasteiger partial charge is 0.328 e. The molecule has 1 fully saturated rings. The Morgan fingerprint density at radius 2 is 1.56 bits per heavy atom. The third-order valence-electron chi connectivity index (χ3n) is 9.37. The molecule has 5 rings (SSSR count). The van der Waals surface area contributed by atoms with Gasteiger partial charge in [0.1, 0.15) is 6.04 Å². The maximum Gasteiger partial charge on any atom is 0.328 e. The van der Waals surface area contributed by atoms with Gasteiger partial charge in [-0.1, -0.05) is 104 Å². The molecule has 10 nitrogen and oxygen atoms in total. The first-order valence-electron chi connectivity index (χ1n) is 16.9. The highest BCUT2D eigenvalue weighted by Gasteiger charge is 2.39. The van der Waals surface area contributed by atoms with Gasteiger partial charge in [-0.3, -0.25) is 4.90 Å². The predicted molar refractivity (Wildman–Crippen MR) is 191 cm³/mol. The Balaban J connectivity index is 1.34. The third kappa shape index (κ3) is 9.35. The van der Waals surface area contributed by atoms with Crippen molar-refractivity contribution in [1.29, 1.82) is 0 Å². The maximum atomic E-state index is 13.1. The van der Waals surface area contributed by atoms with Crippen molar-refractivity contribution in [3.8, 4) is 0 Å². The van der Waals surface area contributed by atoms with Gasteiger partial charge in [-0.2, -0.15) is 0 Å². The lowest BCUT2D eigenvalue weighted by Gasteiger charge is -2.43. The van der Waals surface area contributed by atoms with Gasteiger partial charge in [0.2, 0.25) is 0 Å². The summed E-state index contributed by atoms with van der Waals surface area (Å²) in [5.74, 6) is -0.614. The van der Waals surface area contributed by atoms with Crippen molar-refractivity contribution in [2.75, 3.05) is 26.0 Å². The predicted octanol–water partition coefficient (Wildman–Crippen LogP) is 5.93. The molecule has 10 heteroatoms. The molecule has 4 aromatic carbocycles. The van der Waals surface area contributed by atoms with Crippen molar-refractivity contribution in [3.63, 3.8) is 0 Å². The average Bonchev–Trinajstić information content (AvgIpc) is 3.15. The Labute approximate surface area is 294 Å². The number of amides is 2. The summed E-state index contributed by atoms with van der Waals surface area (Å²) in [6, 6.07) is 32.3. The number of rotatable bonds is 13. The fourth-order valence-electron chi connectivity index (χ4n) is 6.22. The molecule has 0 aliphatic carbocycles. The summed E-state index contributed by atoms with van der Waals surface area (Å²) in [5.41, 5.74) is 4.68. The molecule has 7 atom stereocenters. The number of esters is 1. The monoisotopic (exact) mass is 681 g/mol. The SMILES string of the molecule is COC(=O)C(Cc1ccccc1)NC(=O)Nc1cccc(C2OC(CN(C)C(C)C(O)c3ccccc3)C(C)C(c3ccc(CO)cc3)O2)c1. The number of aliphatic hydroxyl groups is 2. The molecule has 1 saturated heterocycles. The fraction of sp³-hybridized carbons (Fsp3) is 0.350. The number of nitrogens with one attached hydrogen (secondary N) is 2. The second-order valence-corrected chi connectivity index (χ2v) is 12.8. The summed E-state index contributed by atoms with van der Waals surface area (Å²) in [6.45, 7) is 4.55. The van der Waals surface area contributed by atoms with Crippen LogP contribution in [0.5, 0.6) is 0 Å². The molecule has 4 N–H and O–H groups in total. The van der Waals surface area contributed by atoms with Crippen LogP contribution in [0.3, 0.4) is 0 Å². The molecule has 4 aromatic rings. The van der Waals surface area contributed by atoms with Crippen molar-refractivity contribution < 1.29 is 34.0 Å². The molecule has 7 unspecified atom stereocenters. The summed E-state index contributed by atoms with van der Waals surface area (Å²) in [4.78, 5) is 27.7. The van der Waals surface area contributed by atoms with E-state index in [0.29, 0.717) is 17.8 Å². The van der Waals surface area contributed by atoms with E-state index in [-0.39, 0.29) is 37.2 Å². The van der Waals surface area contributed by atoms with Crippen molar-refractivity contribution in [2.45, 2.75) is 63.6 Å². The van der Waals surface area contributed by atoms with Crippen LogP contribution in [0.2, 0.25) is 0 Å². The van der Waals surface area contributed by atoms with Gasteiger partial charge in [-0.15, -0.1) is 0 Å². The van der Waals surface area contributed by atoms with Gasteiger partial charge in [0.05, 0.1) is 32.0 Å². The van der Waals surface area contributed by atoms with Crippen LogP contribution in [0.4, 0.5) is 10.5 Å². The summed E-state index contributed by atoms with van der Waals surface area (Å²) < 4.78 is 18.2. The van der Waals surface area contributed by atoms with E-state index >= 15 is 0 Å². The first-order chi connectivity index (χ1) is 24.2. The zero-order valence-electron chi connectivity index (χ0n) is 28.9. The summed E-state index contributed by atoms with van der Waals surface area (Å²) in [5, 5.41) is 26.3. The van der Waals surface area contributed by atoms with E-state index in [1.807, 2.05) is 111 Å². The number of urea groups is 1. The quantitative estimate of drug-likeness (QED) is 0.128. The van der Waals surface area contributed by atoms with Crippen LogP contribution in [0.1, 0.15) is 60.2 Å². The van der Waals surface area contributed by atoms with Crippen molar-refractivity contribution in [3.05, 3.63) is 137 Å². The zero-order valence-corrected chi connectivity index (χ0v) is 28.9. The van der Waals surface area contributed by atoms with Crippen LogP contribution in [0.15, 0.2) is 109 Å². The normalized spacial score (nSPS) is 20.8. The number of benzene rings is 4. The Bertz CT molecular complexity index is 1670. The Morgan fingerprint density at radius 3 is 2.22 bits per heavy atom. The highest BCUT2D eigenvalue weighted by molar-refractivity contribution is 5.92. The first-order valence-corrected chi connectivity index (χ1v) is 16.9. The molecular formula is C40H47N3O7. The lowest BCUT2D eigenvalue weighted by atomic mass is 9.89. The van der Waals surface area contributed by atoms with E-state index in [4.69, 9.17) is 14.2 Å². The van der Waals surface area contributed by atoms with E-state index in [9.17, 15) is 19.8 Å². The van der Waals surface area contributed by atoms with Crippen LogP contribution in [-0.4, -0.2) is 66.0 Å². The molecule has 1 heterocycles. The number of nitrogens with zero attached hydrogens (tertiary/aromatic N) is 1. The number of carbonyl (C=O) groups is 2. The highest BCUT2D eigenvalue weighted by Crippen LogP contribution is 2.42. The second-order valence-electron chi connectivity index (χ2n) is 12.8. The van der Waals surface area contributed by atoms with E-state index in [1.165, 1.54) is 7.11 Å². The van der Waals surface area contributed by atoms with Crippen LogP contribution in [-0.2, 0) is 32.0 Å². The molecule has 0 saturated carbocycles. The lowest BCUT2D eigenvalue weighted by molar-refractivity contribution is -0.276.